The first-order valence-corrected chi connectivity index (χ1v) is 6.53. The summed E-state index contributed by atoms with van der Waals surface area (Å²) in [7, 11) is 1.69. The van der Waals surface area contributed by atoms with E-state index in [1.54, 1.807) is 13.4 Å². The van der Waals surface area contributed by atoms with Gasteiger partial charge in [0.25, 0.3) is 0 Å². The third-order valence-corrected chi connectivity index (χ3v) is 3.77. The first-order valence-electron chi connectivity index (χ1n) is 6.53. The van der Waals surface area contributed by atoms with Crippen LogP contribution >= 0.6 is 0 Å². The fourth-order valence-electron chi connectivity index (χ4n) is 2.66. The second-order valence-corrected chi connectivity index (χ2v) is 4.91. The summed E-state index contributed by atoms with van der Waals surface area (Å²) < 4.78 is 4.97. The third kappa shape index (κ3) is 3.13. The van der Waals surface area contributed by atoms with E-state index in [0.717, 1.165) is 5.56 Å². The van der Waals surface area contributed by atoms with Crippen molar-refractivity contribution in [1.29, 1.82) is 5.26 Å². The highest BCUT2D eigenvalue weighted by Crippen LogP contribution is 2.36. The highest BCUT2D eigenvalue weighted by molar-refractivity contribution is 5.33. The van der Waals surface area contributed by atoms with E-state index in [9.17, 15) is 0 Å². The van der Waals surface area contributed by atoms with Crippen molar-refractivity contribution < 1.29 is 4.74 Å². The quantitative estimate of drug-likeness (QED) is 0.749. The van der Waals surface area contributed by atoms with Crippen LogP contribution in [-0.4, -0.2) is 7.11 Å². The molecule has 0 amide bonds. The summed E-state index contributed by atoms with van der Waals surface area (Å²) in [6.45, 7) is 0. The van der Waals surface area contributed by atoms with Gasteiger partial charge in [0.15, 0.2) is 0 Å². The average Bonchev–Trinajstić information content (AvgIpc) is 2.46. The van der Waals surface area contributed by atoms with Crippen LogP contribution in [0.3, 0.4) is 0 Å². The van der Waals surface area contributed by atoms with E-state index < -0.39 is 0 Å². The molecule has 2 rings (SSSR count). The maximum absolute atomic E-state index is 8.79. The predicted octanol–water partition coefficient (Wildman–Crippen LogP) is 3.99. The number of nitrogens with zero attached hydrogens (tertiary/aromatic N) is 1. The van der Waals surface area contributed by atoms with Gasteiger partial charge < -0.3 is 4.74 Å². The first kappa shape index (κ1) is 12.7. The van der Waals surface area contributed by atoms with Crippen LogP contribution in [0.1, 0.15) is 42.7 Å². The molecule has 2 nitrogen and oxygen atoms in total. The number of ether oxygens (including phenoxy) is 1. The molecule has 1 aromatic rings. The van der Waals surface area contributed by atoms with Crippen LogP contribution in [0, 0.1) is 17.2 Å². The van der Waals surface area contributed by atoms with Gasteiger partial charge in [-0.25, -0.2) is 0 Å². The molecule has 94 valence electrons. The molecule has 1 saturated carbocycles. The van der Waals surface area contributed by atoms with E-state index in [1.807, 2.05) is 12.1 Å². The van der Waals surface area contributed by atoms with Crippen molar-refractivity contribution in [2.75, 3.05) is 7.11 Å². The molecule has 0 heterocycles. The van der Waals surface area contributed by atoms with Crippen molar-refractivity contribution in [3.63, 3.8) is 0 Å². The summed E-state index contributed by atoms with van der Waals surface area (Å²) in [5.41, 5.74) is 2.12. The van der Waals surface area contributed by atoms with Crippen molar-refractivity contribution in [2.45, 2.75) is 31.6 Å². The van der Waals surface area contributed by atoms with Crippen molar-refractivity contribution >= 4 is 0 Å². The Balaban J connectivity index is 1.93. The molecule has 0 aliphatic heterocycles. The molecule has 1 fully saturated rings. The maximum Gasteiger partial charge on any atom is 0.0991 e. The smallest absolute Gasteiger partial charge is 0.0991 e. The molecule has 0 aromatic heterocycles. The molecule has 2 heteroatoms. The van der Waals surface area contributed by atoms with E-state index in [2.05, 4.69) is 24.3 Å². The number of rotatable bonds is 3. The van der Waals surface area contributed by atoms with Gasteiger partial charge in [0.2, 0.25) is 0 Å². The molecular weight excluding hydrogens is 222 g/mol. The minimum Gasteiger partial charge on any atom is -0.505 e. The molecule has 1 aromatic carbocycles. The highest BCUT2D eigenvalue weighted by atomic mass is 16.5. The van der Waals surface area contributed by atoms with Gasteiger partial charge in [-0.1, -0.05) is 12.1 Å². The number of nitriles is 1. The van der Waals surface area contributed by atoms with E-state index in [0.29, 0.717) is 11.8 Å². The standard InChI is InChI=1S/C16H19NO/c1-18-11-10-13-2-6-15(7-3-13)16-8-4-14(12-17)5-9-16/h4-5,8-11,13,15H,2-3,6-7H2,1H3/t13-,15-. The highest BCUT2D eigenvalue weighted by Gasteiger charge is 2.20. The van der Waals surface area contributed by atoms with Crippen LogP contribution in [0.25, 0.3) is 0 Å². The molecule has 0 saturated heterocycles. The lowest BCUT2D eigenvalue weighted by Gasteiger charge is -2.26. The Morgan fingerprint density at radius 1 is 1.17 bits per heavy atom. The van der Waals surface area contributed by atoms with Gasteiger partial charge in [-0.2, -0.15) is 5.26 Å². The molecule has 0 unspecified atom stereocenters. The number of hydrogen-bond donors (Lipinski definition) is 0. The van der Waals surface area contributed by atoms with Crippen LogP contribution in [0.2, 0.25) is 0 Å². The van der Waals surface area contributed by atoms with Gasteiger partial charge in [0.1, 0.15) is 0 Å². The second-order valence-electron chi connectivity index (χ2n) is 4.91. The Morgan fingerprint density at radius 3 is 2.39 bits per heavy atom. The minimum absolute atomic E-state index is 0.657. The van der Waals surface area contributed by atoms with Gasteiger partial charge >= 0.3 is 0 Å². The lowest BCUT2D eigenvalue weighted by molar-refractivity contribution is 0.322. The molecule has 1 aliphatic carbocycles. The van der Waals surface area contributed by atoms with Crippen LogP contribution in [0.5, 0.6) is 0 Å². The zero-order valence-corrected chi connectivity index (χ0v) is 10.8. The number of benzene rings is 1. The number of allylic oxidation sites excluding steroid dienone is 1. The van der Waals surface area contributed by atoms with Crippen molar-refractivity contribution in [3.8, 4) is 6.07 Å². The van der Waals surface area contributed by atoms with Gasteiger partial charge in [-0.05, 0) is 61.3 Å². The molecule has 0 bridgehead atoms. The van der Waals surface area contributed by atoms with Crippen molar-refractivity contribution in [1.82, 2.24) is 0 Å². The Hall–Kier alpha value is -1.75. The van der Waals surface area contributed by atoms with Crippen molar-refractivity contribution in [2.24, 2.45) is 5.92 Å². The molecule has 0 N–H and O–H groups in total. The van der Waals surface area contributed by atoms with Crippen LogP contribution in [-0.2, 0) is 4.74 Å². The minimum atomic E-state index is 0.657. The van der Waals surface area contributed by atoms with Gasteiger partial charge in [-0.15, -0.1) is 0 Å². The monoisotopic (exact) mass is 241 g/mol. The molecule has 0 spiro atoms. The Morgan fingerprint density at radius 2 is 1.83 bits per heavy atom. The average molecular weight is 241 g/mol. The topological polar surface area (TPSA) is 33.0 Å². The van der Waals surface area contributed by atoms with Crippen LogP contribution in [0.15, 0.2) is 36.6 Å². The molecule has 0 atom stereocenters. The summed E-state index contributed by atoms with van der Waals surface area (Å²) in [4.78, 5) is 0. The first-order chi connectivity index (χ1) is 8.83. The molecule has 18 heavy (non-hydrogen) atoms. The Bertz CT molecular complexity index is 433. The Labute approximate surface area is 109 Å². The largest absolute Gasteiger partial charge is 0.505 e. The second kappa shape index (κ2) is 6.26. The Kier molecular flexibility index (Phi) is 4.41. The summed E-state index contributed by atoms with van der Waals surface area (Å²) in [5, 5.41) is 8.79. The summed E-state index contributed by atoms with van der Waals surface area (Å²) >= 11 is 0. The lowest BCUT2D eigenvalue weighted by Crippen LogP contribution is -2.11. The van der Waals surface area contributed by atoms with E-state index in [4.69, 9.17) is 10.00 Å². The fourth-order valence-corrected chi connectivity index (χ4v) is 2.66. The van der Waals surface area contributed by atoms with Gasteiger partial charge in [-0.3, -0.25) is 0 Å². The summed E-state index contributed by atoms with van der Waals surface area (Å²) in [6, 6.07) is 10.2. The van der Waals surface area contributed by atoms with E-state index >= 15 is 0 Å². The SMILES string of the molecule is COC=C[C@H]1CC[C@H](c2ccc(C#N)cc2)CC1. The maximum atomic E-state index is 8.79. The third-order valence-electron chi connectivity index (χ3n) is 3.77. The molecular formula is C16H19NO. The normalized spacial score (nSPS) is 23.8. The van der Waals surface area contributed by atoms with Crippen LogP contribution in [0.4, 0.5) is 0 Å². The predicted molar refractivity (Wildman–Crippen MR) is 72.0 cm³/mol. The van der Waals surface area contributed by atoms with E-state index in [1.165, 1.54) is 31.2 Å². The zero-order chi connectivity index (χ0) is 12.8. The number of methoxy groups -OCH3 is 1. The van der Waals surface area contributed by atoms with Gasteiger partial charge in [0.05, 0.1) is 25.0 Å². The summed E-state index contributed by atoms with van der Waals surface area (Å²) in [5.74, 6) is 1.32. The number of hydrogen-bond acceptors (Lipinski definition) is 2. The van der Waals surface area contributed by atoms with Crippen molar-refractivity contribution in [3.05, 3.63) is 47.7 Å². The van der Waals surface area contributed by atoms with E-state index in [-0.39, 0.29) is 0 Å². The fraction of sp³-hybridized carbons (Fsp3) is 0.438. The zero-order valence-electron chi connectivity index (χ0n) is 10.8. The molecule has 1 aliphatic rings. The molecule has 0 radical (unpaired) electrons. The van der Waals surface area contributed by atoms with Crippen LogP contribution < -0.4 is 0 Å². The van der Waals surface area contributed by atoms with Gasteiger partial charge in [0, 0.05) is 0 Å². The summed E-state index contributed by atoms with van der Waals surface area (Å²) in [6.07, 6.45) is 8.88. The lowest BCUT2D eigenvalue weighted by atomic mass is 9.78.